The van der Waals surface area contributed by atoms with Gasteiger partial charge in [0.25, 0.3) is 0 Å². The number of pyridine rings is 2. The van der Waals surface area contributed by atoms with Crippen molar-refractivity contribution in [2.24, 2.45) is 0 Å². The van der Waals surface area contributed by atoms with Gasteiger partial charge >= 0.3 is 0 Å². The molecule has 170 valence electrons. The smallest absolute Gasteiger partial charge is 0.155 e. The van der Waals surface area contributed by atoms with Gasteiger partial charge in [0.2, 0.25) is 0 Å². The summed E-state index contributed by atoms with van der Waals surface area (Å²) in [5.41, 5.74) is 3.78. The van der Waals surface area contributed by atoms with Gasteiger partial charge in [-0.1, -0.05) is 11.8 Å². The molecule has 1 N–H and O–H groups in total. The van der Waals surface area contributed by atoms with Crippen LogP contribution in [0.4, 0.5) is 4.39 Å². The standard InChI is InChI=1S/C23H24FN7OS/c1-15(13-29(3)7-8-32)31-16(2)19(12-28-31)17-9-21(33-23-20(24)5-4-6-26-23)22-18(10-25)11-27-30(22)14-17/h4-6,9,11-12,14-15,32H,7-8,13H2,1-3H3/t15-/m0/s1. The summed E-state index contributed by atoms with van der Waals surface area (Å²) in [6.07, 6.45) is 6.71. The highest BCUT2D eigenvalue weighted by molar-refractivity contribution is 7.99. The number of nitrogens with zero attached hydrogens (tertiary/aromatic N) is 7. The first-order valence-corrected chi connectivity index (χ1v) is 11.3. The summed E-state index contributed by atoms with van der Waals surface area (Å²) < 4.78 is 17.9. The first-order valence-electron chi connectivity index (χ1n) is 10.5. The van der Waals surface area contributed by atoms with Gasteiger partial charge in [0.05, 0.1) is 36.1 Å². The van der Waals surface area contributed by atoms with E-state index < -0.39 is 5.82 Å². The maximum atomic E-state index is 14.3. The Morgan fingerprint density at radius 3 is 2.88 bits per heavy atom. The Bertz CT molecular complexity index is 1330. The number of rotatable bonds is 8. The van der Waals surface area contributed by atoms with E-state index in [1.165, 1.54) is 18.5 Å². The van der Waals surface area contributed by atoms with Crippen molar-refractivity contribution in [1.29, 1.82) is 5.26 Å². The van der Waals surface area contributed by atoms with Crippen molar-refractivity contribution in [3.63, 3.8) is 0 Å². The molecule has 0 radical (unpaired) electrons. The molecule has 4 rings (SSSR count). The number of aromatic nitrogens is 5. The fourth-order valence-electron chi connectivity index (χ4n) is 3.88. The van der Waals surface area contributed by atoms with Gasteiger partial charge in [0.1, 0.15) is 11.1 Å². The molecule has 33 heavy (non-hydrogen) atoms. The van der Waals surface area contributed by atoms with Gasteiger partial charge in [-0.2, -0.15) is 15.5 Å². The van der Waals surface area contributed by atoms with E-state index in [1.807, 2.05) is 37.1 Å². The number of likely N-dealkylation sites (N-methyl/N-ethyl adjacent to an activating group) is 1. The van der Waals surface area contributed by atoms with Crippen LogP contribution in [0.2, 0.25) is 0 Å². The minimum absolute atomic E-state index is 0.102. The van der Waals surface area contributed by atoms with Crippen LogP contribution in [0.1, 0.15) is 24.2 Å². The number of aliphatic hydroxyl groups is 1. The summed E-state index contributed by atoms with van der Waals surface area (Å²) in [5.74, 6) is -0.422. The molecule has 4 aromatic heterocycles. The summed E-state index contributed by atoms with van der Waals surface area (Å²) in [5, 5.41) is 27.9. The molecular weight excluding hydrogens is 441 g/mol. The molecule has 8 nitrogen and oxygen atoms in total. The van der Waals surface area contributed by atoms with Crippen LogP contribution >= 0.6 is 11.8 Å². The molecule has 0 saturated heterocycles. The number of aliphatic hydroxyl groups excluding tert-OH is 1. The van der Waals surface area contributed by atoms with Crippen molar-refractivity contribution in [2.75, 3.05) is 26.7 Å². The minimum Gasteiger partial charge on any atom is -0.395 e. The van der Waals surface area contributed by atoms with E-state index in [2.05, 4.69) is 33.1 Å². The van der Waals surface area contributed by atoms with E-state index in [-0.39, 0.29) is 17.7 Å². The van der Waals surface area contributed by atoms with E-state index in [0.29, 0.717) is 22.5 Å². The Balaban J connectivity index is 1.76. The van der Waals surface area contributed by atoms with Crippen molar-refractivity contribution >= 4 is 17.3 Å². The van der Waals surface area contributed by atoms with Crippen molar-refractivity contribution in [2.45, 2.75) is 29.8 Å². The SMILES string of the molecule is Cc1c(-c2cc(Sc3ncccc3F)c3c(C#N)cnn3c2)cnn1[C@@H](C)CN(C)CCO. The van der Waals surface area contributed by atoms with Crippen LogP contribution in [0.25, 0.3) is 16.6 Å². The summed E-state index contributed by atoms with van der Waals surface area (Å²) >= 11 is 1.16. The lowest BCUT2D eigenvalue weighted by Gasteiger charge is -2.22. The summed E-state index contributed by atoms with van der Waals surface area (Å²) in [6, 6.07) is 7.09. The van der Waals surface area contributed by atoms with Crippen LogP contribution in [-0.4, -0.2) is 61.1 Å². The maximum absolute atomic E-state index is 14.3. The molecule has 0 saturated carbocycles. The summed E-state index contributed by atoms with van der Waals surface area (Å²) in [7, 11) is 1.96. The van der Waals surface area contributed by atoms with Crippen LogP contribution in [-0.2, 0) is 0 Å². The molecule has 0 amide bonds. The molecular formula is C23H24FN7OS. The Hall–Kier alpha value is -3.26. The van der Waals surface area contributed by atoms with E-state index in [0.717, 1.165) is 35.1 Å². The number of hydrogen-bond donors (Lipinski definition) is 1. The largest absolute Gasteiger partial charge is 0.395 e. The monoisotopic (exact) mass is 465 g/mol. The second-order valence-corrected chi connectivity index (χ2v) is 8.90. The summed E-state index contributed by atoms with van der Waals surface area (Å²) in [4.78, 5) is 6.89. The van der Waals surface area contributed by atoms with Crippen LogP contribution in [0.15, 0.2) is 52.9 Å². The third-order valence-electron chi connectivity index (χ3n) is 5.46. The van der Waals surface area contributed by atoms with Gasteiger partial charge in [-0.05, 0) is 39.1 Å². The number of nitriles is 1. The topological polar surface area (TPSA) is 95.3 Å². The molecule has 0 fully saturated rings. The van der Waals surface area contributed by atoms with Crippen molar-refractivity contribution in [1.82, 2.24) is 29.3 Å². The summed E-state index contributed by atoms with van der Waals surface area (Å²) in [6.45, 7) is 5.53. The average molecular weight is 466 g/mol. The lowest BCUT2D eigenvalue weighted by Crippen LogP contribution is -2.29. The lowest BCUT2D eigenvalue weighted by atomic mass is 10.1. The third-order valence-corrected chi connectivity index (χ3v) is 6.48. The van der Waals surface area contributed by atoms with E-state index in [9.17, 15) is 9.65 Å². The zero-order valence-corrected chi connectivity index (χ0v) is 19.4. The van der Waals surface area contributed by atoms with Crippen LogP contribution in [0.3, 0.4) is 0 Å². The highest BCUT2D eigenvalue weighted by Gasteiger charge is 2.19. The van der Waals surface area contributed by atoms with Crippen molar-refractivity contribution in [3.05, 3.63) is 60.1 Å². The highest BCUT2D eigenvalue weighted by Crippen LogP contribution is 2.36. The van der Waals surface area contributed by atoms with E-state index >= 15 is 0 Å². The second kappa shape index (κ2) is 9.70. The van der Waals surface area contributed by atoms with Crippen LogP contribution < -0.4 is 0 Å². The molecule has 4 aromatic rings. The van der Waals surface area contributed by atoms with Gasteiger partial charge < -0.3 is 10.0 Å². The van der Waals surface area contributed by atoms with E-state index in [4.69, 9.17) is 5.11 Å². The predicted octanol–water partition coefficient (Wildman–Crippen LogP) is 3.55. The lowest BCUT2D eigenvalue weighted by molar-refractivity contribution is 0.202. The quantitative estimate of drug-likeness (QED) is 0.425. The first kappa shape index (κ1) is 22.9. The average Bonchev–Trinajstić information content (AvgIpc) is 3.38. The first-order chi connectivity index (χ1) is 15.9. The predicted molar refractivity (Wildman–Crippen MR) is 123 cm³/mol. The molecule has 0 aliphatic rings. The van der Waals surface area contributed by atoms with Gasteiger partial charge in [-0.25, -0.2) is 13.9 Å². The van der Waals surface area contributed by atoms with Gasteiger partial charge in [-0.3, -0.25) is 4.68 Å². The molecule has 0 spiro atoms. The molecule has 0 aromatic carbocycles. The third kappa shape index (κ3) is 4.61. The Kier molecular flexibility index (Phi) is 6.74. The fourth-order valence-corrected chi connectivity index (χ4v) is 4.86. The molecule has 4 heterocycles. The molecule has 0 aliphatic heterocycles. The zero-order valence-electron chi connectivity index (χ0n) is 18.6. The van der Waals surface area contributed by atoms with Gasteiger partial charge in [0.15, 0.2) is 5.82 Å². The van der Waals surface area contributed by atoms with Crippen molar-refractivity contribution in [3.8, 4) is 17.2 Å². The van der Waals surface area contributed by atoms with Crippen LogP contribution in [0.5, 0.6) is 0 Å². The van der Waals surface area contributed by atoms with Gasteiger partial charge in [0, 0.05) is 47.2 Å². The normalized spacial score (nSPS) is 12.4. The van der Waals surface area contributed by atoms with Gasteiger partial charge in [-0.15, -0.1) is 0 Å². The molecule has 10 heteroatoms. The van der Waals surface area contributed by atoms with E-state index in [1.54, 1.807) is 10.6 Å². The molecule has 0 aliphatic carbocycles. The molecule has 0 unspecified atom stereocenters. The molecule has 1 atom stereocenters. The maximum Gasteiger partial charge on any atom is 0.155 e. The van der Waals surface area contributed by atoms with Crippen LogP contribution in [0, 0.1) is 24.1 Å². The Labute approximate surface area is 195 Å². The number of hydrogen-bond acceptors (Lipinski definition) is 7. The zero-order chi connectivity index (χ0) is 23.5. The Morgan fingerprint density at radius 2 is 2.15 bits per heavy atom. The second-order valence-electron chi connectivity index (χ2n) is 7.87. The number of fused-ring (bicyclic) bond motifs is 1. The fraction of sp³-hybridized carbons (Fsp3) is 0.304. The highest BCUT2D eigenvalue weighted by atomic mass is 32.2. The minimum atomic E-state index is -0.422. The number of halogens is 1. The Morgan fingerprint density at radius 1 is 1.33 bits per heavy atom. The van der Waals surface area contributed by atoms with Crippen molar-refractivity contribution < 1.29 is 9.50 Å². The molecule has 0 bridgehead atoms.